The molecule has 0 aliphatic rings. The molecule has 0 fully saturated rings. The molecule has 0 aliphatic heterocycles. The van der Waals surface area contributed by atoms with E-state index < -0.39 is 5.91 Å². The summed E-state index contributed by atoms with van der Waals surface area (Å²) in [4.78, 5) is 12.3. The second-order valence-corrected chi connectivity index (χ2v) is 5.97. The molecule has 0 saturated carbocycles. The van der Waals surface area contributed by atoms with Crippen LogP contribution in [-0.2, 0) is 11.3 Å². The molecule has 2 rings (SSSR count). The SMILES string of the molecule is COc1cc(CNC(=O)/C(C#N)=C/C=C/c2ccc(O)cc2)cc(C)c1OC. The highest BCUT2D eigenvalue weighted by atomic mass is 16.5. The number of nitrogens with one attached hydrogen (secondary N) is 1. The Hall–Kier alpha value is -3.72. The van der Waals surface area contributed by atoms with Gasteiger partial charge in [-0.3, -0.25) is 4.79 Å². The summed E-state index contributed by atoms with van der Waals surface area (Å²) in [6.45, 7) is 2.14. The van der Waals surface area contributed by atoms with Gasteiger partial charge in [0.1, 0.15) is 17.4 Å². The third-order valence-electron chi connectivity index (χ3n) is 3.99. The summed E-state index contributed by atoms with van der Waals surface area (Å²) < 4.78 is 10.6. The van der Waals surface area contributed by atoms with E-state index in [0.29, 0.717) is 11.5 Å². The second-order valence-electron chi connectivity index (χ2n) is 5.97. The van der Waals surface area contributed by atoms with Gasteiger partial charge in [-0.15, -0.1) is 0 Å². The molecule has 0 aliphatic carbocycles. The minimum atomic E-state index is -0.467. The number of phenols is 1. The van der Waals surface area contributed by atoms with Crippen LogP contribution in [0.5, 0.6) is 17.2 Å². The fourth-order valence-electron chi connectivity index (χ4n) is 2.61. The Morgan fingerprint density at radius 3 is 2.54 bits per heavy atom. The fraction of sp³-hybridized carbons (Fsp3) is 0.182. The van der Waals surface area contributed by atoms with Crippen LogP contribution in [0.4, 0.5) is 0 Å². The van der Waals surface area contributed by atoms with E-state index in [4.69, 9.17) is 9.47 Å². The van der Waals surface area contributed by atoms with Gasteiger partial charge in [-0.05, 0) is 47.9 Å². The van der Waals surface area contributed by atoms with Crippen molar-refractivity contribution in [1.82, 2.24) is 5.32 Å². The first-order valence-corrected chi connectivity index (χ1v) is 8.55. The molecule has 2 aromatic carbocycles. The summed E-state index contributed by atoms with van der Waals surface area (Å²) in [5, 5.41) is 21.2. The number of benzene rings is 2. The predicted molar refractivity (Wildman–Crippen MR) is 107 cm³/mol. The van der Waals surface area contributed by atoms with E-state index >= 15 is 0 Å². The lowest BCUT2D eigenvalue weighted by Crippen LogP contribution is -2.24. The van der Waals surface area contributed by atoms with Gasteiger partial charge in [-0.2, -0.15) is 5.26 Å². The lowest BCUT2D eigenvalue weighted by atomic mass is 10.1. The Morgan fingerprint density at radius 1 is 1.21 bits per heavy atom. The lowest BCUT2D eigenvalue weighted by Gasteiger charge is -2.13. The maximum absolute atomic E-state index is 12.3. The molecule has 0 spiro atoms. The number of rotatable bonds is 7. The average molecular weight is 378 g/mol. The van der Waals surface area contributed by atoms with Gasteiger partial charge >= 0.3 is 0 Å². The van der Waals surface area contributed by atoms with Crippen LogP contribution in [0.25, 0.3) is 6.08 Å². The Balaban J connectivity index is 2.05. The van der Waals surface area contributed by atoms with Crippen molar-refractivity contribution in [2.75, 3.05) is 14.2 Å². The van der Waals surface area contributed by atoms with Crippen molar-refractivity contribution in [3.63, 3.8) is 0 Å². The van der Waals surface area contributed by atoms with E-state index in [9.17, 15) is 15.2 Å². The van der Waals surface area contributed by atoms with Gasteiger partial charge in [-0.1, -0.05) is 30.4 Å². The Bertz CT molecular complexity index is 938. The van der Waals surface area contributed by atoms with Crippen LogP contribution in [-0.4, -0.2) is 25.2 Å². The molecule has 2 N–H and O–H groups in total. The number of hydrogen-bond donors (Lipinski definition) is 2. The lowest BCUT2D eigenvalue weighted by molar-refractivity contribution is -0.117. The first-order chi connectivity index (χ1) is 13.5. The summed E-state index contributed by atoms with van der Waals surface area (Å²) in [7, 11) is 3.12. The minimum Gasteiger partial charge on any atom is -0.508 e. The van der Waals surface area contributed by atoms with Gasteiger partial charge < -0.3 is 19.9 Å². The van der Waals surface area contributed by atoms with Gasteiger partial charge in [0.25, 0.3) is 5.91 Å². The fourth-order valence-corrected chi connectivity index (χ4v) is 2.61. The van der Waals surface area contributed by atoms with E-state index in [-0.39, 0.29) is 17.9 Å². The van der Waals surface area contributed by atoms with Crippen LogP contribution in [0.1, 0.15) is 16.7 Å². The first kappa shape index (κ1) is 20.6. The van der Waals surface area contributed by atoms with Crippen LogP contribution in [0, 0.1) is 18.3 Å². The zero-order valence-electron chi connectivity index (χ0n) is 16.0. The number of amides is 1. The van der Waals surface area contributed by atoms with Crippen LogP contribution in [0.2, 0.25) is 0 Å². The standard InChI is InChI=1S/C22H22N2O4/c1-15-11-17(12-20(27-2)21(15)28-3)14-24-22(26)18(13-23)6-4-5-16-7-9-19(25)10-8-16/h4-12,25H,14H2,1-3H3,(H,24,26)/b5-4+,18-6+. The normalized spacial score (nSPS) is 11.1. The molecule has 0 atom stereocenters. The molecule has 0 bridgehead atoms. The van der Waals surface area contributed by atoms with Gasteiger partial charge in [-0.25, -0.2) is 0 Å². The van der Waals surface area contributed by atoms with Crippen LogP contribution < -0.4 is 14.8 Å². The first-order valence-electron chi connectivity index (χ1n) is 8.55. The number of aryl methyl sites for hydroxylation is 1. The number of nitriles is 1. The summed E-state index contributed by atoms with van der Waals surface area (Å²) in [6, 6.07) is 12.2. The maximum Gasteiger partial charge on any atom is 0.262 e. The quantitative estimate of drug-likeness (QED) is 0.437. The van der Waals surface area contributed by atoms with Crippen LogP contribution in [0.3, 0.4) is 0 Å². The van der Waals surface area contributed by atoms with Crippen molar-refractivity contribution in [2.45, 2.75) is 13.5 Å². The summed E-state index contributed by atoms with van der Waals surface area (Å²) in [5.74, 6) is 0.940. The third kappa shape index (κ3) is 5.39. The monoisotopic (exact) mass is 378 g/mol. The number of carbonyl (C=O) groups is 1. The molecule has 0 heterocycles. The maximum atomic E-state index is 12.3. The van der Waals surface area contributed by atoms with Crippen LogP contribution >= 0.6 is 0 Å². The van der Waals surface area contributed by atoms with Crippen molar-refractivity contribution >= 4 is 12.0 Å². The number of ether oxygens (including phenoxy) is 2. The van der Waals surface area contributed by atoms with E-state index in [1.165, 1.54) is 6.08 Å². The molecule has 28 heavy (non-hydrogen) atoms. The number of aromatic hydroxyl groups is 1. The number of hydrogen-bond acceptors (Lipinski definition) is 5. The van der Waals surface area contributed by atoms with Crippen molar-refractivity contribution in [1.29, 1.82) is 5.26 Å². The molecule has 144 valence electrons. The van der Waals surface area contributed by atoms with Gasteiger partial charge in [0.2, 0.25) is 0 Å². The molecule has 2 aromatic rings. The number of carbonyl (C=O) groups excluding carboxylic acids is 1. The second kappa shape index (κ2) is 9.83. The largest absolute Gasteiger partial charge is 0.508 e. The van der Waals surface area contributed by atoms with Crippen LogP contribution in [0.15, 0.2) is 54.1 Å². The molecular formula is C22H22N2O4. The zero-order valence-corrected chi connectivity index (χ0v) is 16.0. The van der Waals surface area contributed by atoms with E-state index in [1.54, 1.807) is 56.7 Å². The number of allylic oxidation sites excluding steroid dienone is 2. The van der Waals surface area contributed by atoms with E-state index in [0.717, 1.165) is 16.7 Å². The van der Waals surface area contributed by atoms with Gasteiger partial charge in [0.05, 0.1) is 14.2 Å². The van der Waals surface area contributed by atoms with Crippen molar-refractivity contribution in [3.8, 4) is 23.3 Å². The minimum absolute atomic E-state index is 0.00720. The highest BCUT2D eigenvalue weighted by molar-refractivity contribution is 5.97. The summed E-state index contributed by atoms with van der Waals surface area (Å²) in [5.41, 5.74) is 2.55. The zero-order chi connectivity index (χ0) is 20.5. The molecule has 0 unspecified atom stereocenters. The van der Waals surface area contributed by atoms with E-state index in [1.807, 2.05) is 19.1 Å². The Kier molecular flexibility index (Phi) is 7.23. The molecule has 0 saturated heterocycles. The van der Waals surface area contributed by atoms with Crippen molar-refractivity contribution < 1.29 is 19.4 Å². The van der Waals surface area contributed by atoms with Crippen molar-refractivity contribution in [3.05, 3.63) is 70.8 Å². The van der Waals surface area contributed by atoms with Gasteiger partial charge in [0, 0.05) is 6.54 Å². The van der Waals surface area contributed by atoms with Gasteiger partial charge in [0.15, 0.2) is 11.5 Å². The Labute approximate surface area is 164 Å². The van der Waals surface area contributed by atoms with E-state index in [2.05, 4.69) is 5.32 Å². The number of nitrogens with zero attached hydrogens (tertiary/aromatic N) is 1. The number of methoxy groups -OCH3 is 2. The molecule has 0 aromatic heterocycles. The predicted octanol–water partition coefficient (Wildman–Crippen LogP) is 3.50. The molecule has 1 amide bonds. The Morgan fingerprint density at radius 2 is 1.93 bits per heavy atom. The molecular weight excluding hydrogens is 356 g/mol. The molecule has 0 radical (unpaired) electrons. The third-order valence-corrected chi connectivity index (χ3v) is 3.99. The number of phenolic OH excluding ortho intramolecular Hbond substituents is 1. The summed E-state index contributed by atoms with van der Waals surface area (Å²) in [6.07, 6.45) is 4.80. The molecule has 6 heteroatoms. The molecule has 6 nitrogen and oxygen atoms in total. The smallest absolute Gasteiger partial charge is 0.262 e. The average Bonchev–Trinajstić information content (AvgIpc) is 2.70. The summed E-state index contributed by atoms with van der Waals surface area (Å²) >= 11 is 0. The highest BCUT2D eigenvalue weighted by Gasteiger charge is 2.11. The van der Waals surface area contributed by atoms with Crippen molar-refractivity contribution in [2.24, 2.45) is 0 Å². The highest BCUT2D eigenvalue weighted by Crippen LogP contribution is 2.31. The topological polar surface area (TPSA) is 91.6 Å².